The first-order valence-electron chi connectivity index (χ1n) is 10.2. The summed E-state index contributed by atoms with van der Waals surface area (Å²) in [5.74, 6) is 0.482. The predicted molar refractivity (Wildman–Crippen MR) is 123 cm³/mol. The number of pyridine rings is 1. The van der Waals surface area contributed by atoms with Gasteiger partial charge in [-0.1, -0.05) is 11.8 Å². The van der Waals surface area contributed by atoms with Crippen LogP contribution in [0, 0.1) is 0 Å². The summed E-state index contributed by atoms with van der Waals surface area (Å²) in [6.45, 7) is 2.90. The maximum atomic E-state index is 12.7. The van der Waals surface area contributed by atoms with Gasteiger partial charge in [-0.25, -0.2) is 8.42 Å². The Morgan fingerprint density at radius 2 is 1.72 bits per heavy atom. The smallest absolute Gasteiger partial charge is 0.243 e. The molecular weight excluding hydrogens is 448 g/mol. The number of nitrogens with one attached hydrogen (secondary N) is 1. The van der Waals surface area contributed by atoms with E-state index in [-0.39, 0.29) is 10.8 Å². The molecule has 1 amide bonds. The highest BCUT2D eigenvalue weighted by Gasteiger charge is 2.27. The third kappa shape index (κ3) is 4.69. The fraction of sp³-hybridized carbons (Fsp3) is 0.333. The minimum Gasteiger partial charge on any atom is -0.325 e. The predicted octanol–water partition coefficient (Wildman–Crippen LogP) is 2.78. The first-order chi connectivity index (χ1) is 15.4. The maximum absolute atomic E-state index is 12.7. The van der Waals surface area contributed by atoms with Crippen molar-refractivity contribution in [3.8, 4) is 11.4 Å². The normalized spacial score (nSPS) is 15.6. The maximum Gasteiger partial charge on any atom is 0.243 e. The average molecular weight is 473 g/mol. The first-order valence-corrected chi connectivity index (χ1v) is 12.6. The van der Waals surface area contributed by atoms with Gasteiger partial charge in [0.05, 0.1) is 10.1 Å². The monoisotopic (exact) mass is 472 g/mol. The summed E-state index contributed by atoms with van der Waals surface area (Å²) < 4.78 is 28.6. The number of hydrogen-bond donors (Lipinski definition) is 1. The SMILES string of the molecule is C[C@@H](Sc1nnc(-c2ccncc2)n1C)C(=O)Nc1ccc(S(=O)(=O)N2CCCC2)cc1. The summed E-state index contributed by atoms with van der Waals surface area (Å²) in [6.07, 6.45) is 5.15. The van der Waals surface area contributed by atoms with E-state index in [1.165, 1.54) is 28.2 Å². The first kappa shape index (κ1) is 22.4. The lowest BCUT2D eigenvalue weighted by Crippen LogP contribution is -2.27. The molecule has 1 fully saturated rings. The van der Waals surface area contributed by atoms with Crippen LogP contribution >= 0.6 is 11.8 Å². The van der Waals surface area contributed by atoms with Crippen LogP contribution in [-0.4, -0.2) is 56.7 Å². The number of thioether (sulfide) groups is 1. The average Bonchev–Trinajstić information content (AvgIpc) is 3.46. The molecule has 3 aromatic rings. The van der Waals surface area contributed by atoms with Crippen LogP contribution in [0.2, 0.25) is 0 Å². The second kappa shape index (κ2) is 9.39. The zero-order chi connectivity index (χ0) is 22.7. The summed E-state index contributed by atoms with van der Waals surface area (Å²) in [6, 6.07) is 9.99. The van der Waals surface area contributed by atoms with Gasteiger partial charge in [-0.2, -0.15) is 4.31 Å². The van der Waals surface area contributed by atoms with Crippen LogP contribution < -0.4 is 5.32 Å². The van der Waals surface area contributed by atoms with Crippen LogP contribution in [0.25, 0.3) is 11.4 Å². The Bertz CT molecular complexity index is 1190. The van der Waals surface area contributed by atoms with Gasteiger partial charge in [0.25, 0.3) is 0 Å². The van der Waals surface area contributed by atoms with E-state index in [4.69, 9.17) is 0 Å². The molecule has 0 spiro atoms. The van der Waals surface area contributed by atoms with E-state index in [9.17, 15) is 13.2 Å². The van der Waals surface area contributed by atoms with Crippen molar-refractivity contribution < 1.29 is 13.2 Å². The minimum atomic E-state index is -3.47. The minimum absolute atomic E-state index is 0.210. The largest absolute Gasteiger partial charge is 0.325 e. The molecule has 11 heteroatoms. The van der Waals surface area contributed by atoms with Gasteiger partial charge in [0.2, 0.25) is 15.9 Å². The number of aromatic nitrogens is 4. The number of anilines is 1. The van der Waals surface area contributed by atoms with Crippen molar-refractivity contribution in [3.63, 3.8) is 0 Å². The van der Waals surface area contributed by atoms with E-state index in [0.717, 1.165) is 18.4 Å². The van der Waals surface area contributed by atoms with Crippen LogP contribution in [0.4, 0.5) is 5.69 Å². The molecule has 32 heavy (non-hydrogen) atoms. The van der Waals surface area contributed by atoms with E-state index >= 15 is 0 Å². The van der Waals surface area contributed by atoms with E-state index in [0.29, 0.717) is 29.8 Å². The standard InChI is InChI=1S/C21H24N6O3S2/c1-15(31-21-25-24-19(26(21)2)16-9-11-22-12-10-16)20(28)23-17-5-7-18(8-6-17)32(29,30)27-13-3-4-14-27/h5-12,15H,3-4,13-14H2,1-2H3,(H,23,28)/t15-/m1/s1. The van der Waals surface area contributed by atoms with Crippen LogP contribution in [0.15, 0.2) is 58.8 Å². The van der Waals surface area contributed by atoms with Crippen molar-refractivity contribution in [2.75, 3.05) is 18.4 Å². The van der Waals surface area contributed by atoms with Crippen LogP contribution in [-0.2, 0) is 21.9 Å². The Morgan fingerprint density at radius 3 is 2.38 bits per heavy atom. The Hall–Kier alpha value is -2.76. The summed E-state index contributed by atoms with van der Waals surface area (Å²) in [7, 11) is -1.62. The lowest BCUT2D eigenvalue weighted by Gasteiger charge is -2.16. The summed E-state index contributed by atoms with van der Waals surface area (Å²) in [5.41, 5.74) is 1.43. The van der Waals surface area contributed by atoms with Crippen molar-refractivity contribution in [1.29, 1.82) is 0 Å². The molecule has 2 aromatic heterocycles. The zero-order valence-electron chi connectivity index (χ0n) is 17.8. The van der Waals surface area contributed by atoms with Gasteiger partial charge >= 0.3 is 0 Å². The van der Waals surface area contributed by atoms with E-state index in [1.54, 1.807) is 31.5 Å². The van der Waals surface area contributed by atoms with Gasteiger partial charge in [0, 0.05) is 43.8 Å². The number of hydrogen-bond acceptors (Lipinski definition) is 7. The molecule has 1 aromatic carbocycles. The van der Waals surface area contributed by atoms with Crippen molar-refractivity contribution in [2.24, 2.45) is 7.05 Å². The number of benzene rings is 1. The molecule has 0 bridgehead atoms. The van der Waals surface area contributed by atoms with Crippen molar-refractivity contribution in [3.05, 3.63) is 48.8 Å². The topological polar surface area (TPSA) is 110 Å². The number of nitrogens with zero attached hydrogens (tertiary/aromatic N) is 5. The molecule has 1 atom stereocenters. The second-order valence-electron chi connectivity index (χ2n) is 7.49. The number of carbonyl (C=O) groups excluding carboxylic acids is 1. The van der Waals surface area contributed by atoms with Gasteiger partial charge in [-0.05, 0) is 56.2 Å². The van der Waals surface area contributed by atoms with Crippen LogP contribution in [0.5, 0.6) is 0 Å². The van der Waals surface area contributed by atoms with Crippen molar-refractivity contribution in [2.45, 2.75) is 35.1 Å². The van der Waals surface area contributed by atoms with Crippen molar-refractivity contribution >= 4 is 33.4 Å². The van der Waals surface area contributed by atoms with Gasteiger partial charge in [0.15, 0.2) is 11.0 Å². The van der Waals surface area contributed by atoms with Crippen LogP contribution in [0.1, 0.15) is 19.8 Å². The van der Waals surface area contributed by atoms with E-state index < -0.39 is 15.3 Å². The lowest BCUT2D eigenvalue weighted by molar-refractivity contribution is -0.115. The van der Waals surface area contributed by atoms with Gasteiger partial charge < -0.3 is 9.88 Å². The number of rotatable bonds is 7. The second-order valence-corrected chi connectivity index (χ2v) is 10.7. The Kier molecular flexibility index (Phi) is 6.58. The molecule has 168 valence electrons. The molecule has 1 aliphatic heterocycles. The molecule has 1 saturated heterocycles. The number of carbonyl (C=O) groups is 1. The highest BCUT2D eigenvalue weighted by Crippen LogP contribution is 2.27. The molecule has 1 N–H and O–H groups in total. The molecule has 9 nitrogen and oxygen atoms in total. The van der Waals surface area contributed by atoms with Gasteiger partial charge in [-0.3, -0.25) is 9.78 Å². The molecule has 0 aliphatic carbocycles. The Balaban J connectivity index is 1.39. The van der Waals surface area contributed by atoms with E-state index in [1.807, 2.05) is 23.7 Å². The summed E-state index contributed by atoms with van der Waals surface area (Å²) in [5, 5.41) is 11.4. The Morgan fingerprint density at radius 1 is 1.06 bits per heavy atom. The fourth-order valence-corrected chi connectivity index (χ4v) is 5.75. The molecule has 4 rings (SSSR count). The third-order valence-electron chi connectivity index (χ3n) is 5.25. The molecule has 0 unspecified atom stereocenters. The highest BCUT2D eigenvalue weighted by molar-refractivity contribution is 8.00. The van der Waals surface area contributed by atoms with Gasteiger partial charge in [0.1, 0.15) is 0 Å². The number of sulfonamides is 1. The van der Waals surface area contributed by atoms with Crippen LogP contribution in [0.3, 0.4) is 0 Å². The molecule has 0 saturated carbocycles. The highest BCUT2D eigenvalue weighted by atomic mass is 32.2. The summed E-state index contributed by atoms with van der Waals surface area (Å²) in [4.78, 5) is 16.9. The molecule has 3 heterocycles. The molecular formula is C21H24N6O3S2. The van der Waals surface area contributed by atoms with Crippen molar-refractivity contribution in [1.82, 2.24) is 24.1 Å². The zero-order valence-corrected chi connectivity index (χ0v) is 19.4. The van der Waals surface area contributed by atoms with Gasteiger partial charge in [-0.15, -0.1) is 10.2 Å². The lowest BCUT2D eigenvalue weighted by atomic mass is 10.2. The summed E-state index contributed by atoms with van der Waals surface area (Å²) >= 11 is 1.30. The third-order valence-corrected chi connectivity index (χ3v) is 8.30. The Labute approximate surface area is 191 Å². The fourth-order valence-electron chi connectivity index (χ4n) is 3.41. The number of amides is 1. The quantitative estimate of drug-likeness (QED) is 0.527. The van der Waals surface area contributed by atoms with E-state index in [2.05, 4.69) is 20.5 Å². The molecule has 0 radical (unpaired) electrons. The molecule has 1 aliphatic rings.